The molecule has 0 aliphatic carbocycles. The first-order chi connectivity index (χ1) is 17.3. The number of carbonyl (C=O) groups is 2. The third-order valence-corrected chi connectivity index (χ3v) is 7.39. The van der Waals surface area contributed by atoms with Crippen LogP contribution in [-0.4, -0.2) is 44.9 Å². The minimum Gasteiger partial charge on any atom is -0.352 e. The first kappa shape index (κ1) is 27.9. The van der Waals surface area contributed by atoms with Crippen molar-refractivity contribution in [2.75, 3.05) is 6.54 Å². The number of carbonyl (C=O) groups excluding carboxylic acids is 2. The molecule has 6 nitrogen and oxygen atoms in total. The van der Waals surface area contributed by atoms with Crippen LogP contribution in [0.15, 0.2) is 53.0 Å². The van der Waals surface area contributed by atoms with Gasteiger partial charge in [0.25, 0.3) is 5.91 Å². The molecule has 36 heavy (non-hydrogen) atoms. The fourth-order valence-corrected chi connectivity index (χ4v) is 4.95. The van der Waals surface area contributed by atoms with E-state index in [1.165, 1.54) is 0 Å². The van der Waals surface area contributed by atoms with Crippen LogP contribution in [0.4, 0.5) is 0 Å². The first-order valence-electron chi connectivity index (χ1n) is 13.1. The molecular formula is C29H39BrN4O2. The zero-order valence-electron chi connectivity index (χ0n) is 22.0. The summed E-state index contributed by atoms with van der Waals surface area (Å²) in [6, 6.07) is 15.9. The van der Waals surface area contributed by atoms with Gasteiger partial charge < -0.3 is 14.8 Å². The van der Waals surface area contributed by atoms with Gasteiger partial charge in [0.1, 0.15) is 12.4 Å². The van der Waals surface area contributed by atoms with Crippen molar-refractivity contribution < 1.29 is 9.59 Å². The van der Waals surface area contributed by atoms with E-state index in [1.54, 1.807) is 0 Å². The summed E-state index contributed by atoms with van der Waals surface area (Å²) in [5, 5.41) is 3.00. The van der Waals surface area contributed by atoms with Crippen LogP contribution < -0.4 is 5.32 Å². The second-order valence-electron chi connectivity index (χ2n) is 9.50. The van der Waals surface area contributed by atoms with Gasteiger partial charge in [0, 0.05) is 35.1 Å². The fraction of sp³-hybridized carbons (Fsp3) is 0.483. The van der Waals surface area contributed by atoms with Gasteiger partial charge in [-0.05, 0) is 69.9 Å². The molecule has 194 valence electrons. The third kappa shape index (κ3) is 7.19. The molecule has 0 aliphatic rings. The number of halogens is 1. The number of benzene rings is 2. The highest BCUT2D eigenvalue weighted by atomic mass is 79.9. The first-order valence-corrected chi connectivity index (χ1v) is 13.9. The van der Waals surface area contributed by atoms with E-state index in [2.05, 4.69) is 53.5 Å². The summed E-state index contributed by atoms with van der Waals surface area (Å²) in [4.78, 5) is 32.7. The number of para-hydroxylation sites is 2. The lowest BCUT2D eigenvalue weighted by Gasteiger charge is -2.34. The van der Waals surface area contributed by atoms with Gasteiger partial charge in [0.2, 0.25) is 5.91 Å². The van der Waals surface area contributed by atoms with Crippen LogP contribution in [0, 0.1) is 0 Å². The van der Waals surface area contributed by atoms with Crippen LogP contribution in [0.2, 0.25) is 0 Å². The van der Waals surface area contributed by atoms with Crippen molar-refractivity contribution in [2.24, 2.45) is 0 Å². The molecule has 0 saturated carbocycles. The molecule has 1 heterocycles. The lowest BCUT2D eigenvalue weighted by Crippen LogP contribution is -2.45. The van der Waals surface area contributed by atoms with Crippen molar-refractivity contribution in [3.05, 3.63) is 64.4 Å². The summed E-state index contributed by atoms with van der Waals surface area (Å²) < 4.78 is 3.00. The number of hydrogen-bond donors (Lipinski definition) is 1. The number of nitrogens with zero attached hydrogens (tertiary/aromatic N) is 3. The van der Waals surface area contributed by atoms with E-state index in [4.69, 9.17) is 4.98 Å². The van der Waals surface area contributed by atoms with Crippen LogP contribution in [0.25, 0.3) is 11.0 Å². The average molecular weight is 556 g/mol. The molecule has 1 aromatic heterocycles. The predicted molar refractivity (Wildman–Crippen MR) is 150 cm³/mol. The van der Waals surface area contributed by atoms with Gasteiger partial charge in [0.05, 0.1) is 11.0 Å². The van der Waals surface area contributed by atoms with Gasteiger partial charge in [-0.15, -0.1) is 0 Å². The zero-order chi connectivity index (χ0) is 26.1. The number of aryl methyl sites for hydroxylation is 1. The second kappa shape index (κ2) is 13.6. The molecule has 3 rings (SSSR count). The van der Waals surface area contributed by atoms with Crippen molar-refractivity contribution in [3.8, 4) is 0 Å². The van der Waals surface area contributed by atoms with Crippen LogP contribution in [0.3, 0.4) is 0 Å². The predicted octanol–water partition coefficient (Wildman–Crippen LogP) is 6.37. The number of imidazole rings is 1. The van der Waals surface area contributed by atoms with Crippen molar-refractivity contribution in [2.45, 2.75) is 84.8 Å². The maximum Gasteiger partial charge on any atom is 0.251 e. The van der Waals surface area contributed by atoms with Gasteiger partial charge in [-0.25, -0.2) is 4.98 Å². The van der Waals surface area contributed by atoms with E-state index in [0.717, 1.165) is 59.9 Å². The molecule has 7 heteroatoms. The minimum atomic E-state index is -0.0521. The Labute approximate surface area is 223 Å². The molecule has 2 unspecified atom stereocenters. The van der Waals surface area contributed by atoms with Crippen LogP contribution in [0.1, 0.15) is 76.0 Å². The number of aromatic nitrogens is 2. The number of amides is 2. The zero-order valence-corrected chi connectivity index (χ0v) is 23.6. The Morgan fingerprint density at radius 3 is 2.42 bits per heavy atom. The molecule has 0 bridgehead atoms. The Balaban J connectivity index is 1.60. The van der Waals surface area contributed by atoms with Gasteiger partial charge in [-0.2, -0.15) is 0 Å². The highest BCUT2D eigenvalue weighted by Gasteiger charge is 2.25. The van der Waals surface area contributed by atoms with Gasteiger partial charge in [-0.3, -0.25) is 9.59 Å². The van der Waals surface area contributed by atoms with E-state index in [0.29, 0.717) is 18.7 Å². The molecule has 2 aromatic carbocycles. The van der Waals surface area contributed by atoms with E-state index in [1.807, 2.05) is 53.4 Å². The van der Waals surface area contributed by atoms with Crippen molar-refractivity contribution in [3.63, 3.8) is 0 Å². The Kier molecular flexibility index (Phi) is 10.5. The highest BCUT2D eigenvalue weighted by Crippen LogP contribution is 2.20. The fourth-order valence-electron chi connectivity index (χ4n) is 4.55. The molecule has 0 fully saturated rings. The third-order valence-electron chi connectivity index (χ3n) is 6.90. The van der Waals surface area contributed by atoms with Crippen molar-refractivity contribution >= 4 is 38.8 Å². The molecule has 1 N–H and O–H groups in total. The Hall–Kier alpha value is -2.67. The number of rotatable bonds is 13. The minimum absolute atomic E-state index is 0.0521. The van der Waals surface area contributed by atoms with E-state index >= 15 is 0 Å². The largest absolute Gasteiger partial charge is 0.352 e. The monoisotopic (exact) mass is 554 g/mol. The standard InChI is InChI=1S/C29H39BrN4O2/c1-5-21(3)34(22(4)6-2)28(35)20-33-26-16-10-9-15-25(26)32-27(33)17-8-7-11-18-31-29(36)23-13-12-14-24(30)19-23/h9-10,12-16,19,21-22H,5-8,11,17-18,20H2,1-4H3,(H,31,36). The molecule has 0 saturated heterocycles. The van der Waals surface area contributed by atoms with E-state index in [-0.39, 0.29) is 23.9 Å². The molecule has 0 spiro atoms. The normalized spacial score (nSPS) is 12.9. The maximum atomic E-state index is 13.5. The Morgan fingerprint density at radius 1 is 1.00 bits per heavy atom. The number of fused-ring (bicyclic) bond motifs is 1. The molecular weight excluding hydrogens is 516 g/mol. The summed E-state index contributed by atoms with van der Waals surface area (Å²) in [5.74, 6) is 1.05. The van der Waals surface area contributed by atoms with Gasteiger partial charge in [-0.1, -0.05) is 54.4 Å². The average Bonchev–Trinajstić information content (AvgIpc) is 3.22. The van der Waals surface area contributed by atoms with Gasteiger partial charge >= 0.3 is 0 Å². The van der Waals surface area contributed by atoms with Crippen molar-refractivity contribution in [1.29, 1.82) is 0 Å². The highest BCUT2D eigenvalue weighted by molar-refractivity contribution is 9.10. The summed E-state index contributed by atoms with van der Waals surface area (Å²) in [6.07, 6.45) is 5.49. The molecule has 2 atom stereocenters. The van der Waals surface area contributed by atoms with Crippen LogP contribution in [0.5, 0.6) is 0 Å². The summed E-state index contributed by atoms with van der Waals surface area (Å²) in [5.41, 5.74) is 2.60. The number of hydrogen-bond acceptors (Lipinski definition) is 3. The molecule has 0 aliphatic heterocycles. The number of nitrogens with one attached hydrogen (secondary N) is 1. The smallest absolute Gasteiger partial charge is 0.251 e. The Bertz CT molecular complexity index is 1150. The quantitative estimate of drug-likeness (QED) is 0.250. The molecule has 0 radical (unpaired) electrons. The topological polar surface area (TPSA) is 67.2 Å². The lowest BCUT2D eigenvalue weighted by molar-refractivity contribution is -0.136. The van der Waals surface area contributed by atoms with Gasteiger partial charge in [0.15, 0.2) is 0 Å². The Morgan fingerprint density at radius 2 is 1.72 bits per heavy atom. The van der Waals surface area contributed by atoms with Crippen LogP contribution >= 0.6 is 15.9 Å². The van der Waals surface area contributed by atoms with Crippen LogP contribution in [-0.2, 0) is 17.8 Å². The lowest BCUT2D eigenvalue weighted by atomic mass is 10.1. The summed E-state index contributed by atoms with van der Waals surface area (Å²) >= 11 is 3.41. The van der Waals surface area contributed by atoms with Crippen molar-refractivity contribution in [1.82, 2.24) is 19.8 Å². The summed E-state index contributed by atoms with van der Waals surface area (Å²) in [7, 11) is 0. The van der Waals surface area contributed by atoms with E-state index < -0.39 is 0 Å². The second-order valence-corrected chi connectivity index (χ2v) is 10.4. The molecule has 3 aromatic rings. The summed E-state index contributed by atoms with van der Waals surface area (Å²) in [6.45, 7) is 9.48. The van der Waals surface area contributed by atoms with E-state index in [9.17, 15) is 9.59 Å². The number of unbranched alkanes of at least 4 members (excludes halogenated alkanes) is 2. The SMILES string of the molecule is CCC(C)N(C(=O)Cn1c(CCCCCNC(=O)c2cccc(Br)c2)nc2ccccc21)C(C)CC. The molecule has 2 amide bonds. The maximum absolute atomic E-state index is 13.5.